The minimum Gasteiger partial charge on any atom is -0.0922 e. The first kappa shape index (κ1) is 9.65. The molecule has 0 unspecified atom stereocenters. The van der Waals surface area contributed by atoms with E-state index in [0.717, 1.165) is 0 Å². The zero-order valence-corrected chi connectivity index (χ0v) is 10.7. The molecule has 0 aromatic heterocycles. The molecule has 0 aromatic carbocycles. The summed E-state index contributed by atoms with van der Waals surface area (Å²) in [4.78, 5) is 0. The molecular weight excluding hydrogens is 315 g/mol. The maximum Gasteiger partial charge on any atom is 0.0235 e. The van der Waals surface area contributed by atoms with Gasteiger partial charge in [0.1, 0.15) is 0 Å². The molecule has 0 amide bonds. The lowest BCUT2D eigenvalue weighted by Crippen LogP contribution is -2.07. The Morgan fingerprint density at radius 2 is 2.00 bits per heavy atom. The molecule has 1 heterocycles. The SMILES string of the molecule is CC(C)(C)C1=CI=CC(Br)=C1. The van der Waals surface area contributed by atoms with Crippen LogP contribution in [-0.4, -0.2) is 4.01 Å². The third-order valence-electron chi connectivity index (χ3n) is 1.51. The highest BCUT2D eigenvalue weighted by Crippen LogP contribution is 2.32. The molecule has 1 rings (SSSR count). The molecule has 0 bridgehead atoms. The van der Waals surface area contributed by atoms with Gasteiger partial charge in [0.05, 0.1) is 0 Å². The number of allylic oxidation sites excluding steroid dienone is 3. The summed E-state index contributed by atoms with van der Waals surface area (Å²) in [6, 6.07) is 0. The third kappa shape index (κ3) is 2.82. The molecule has 0 saturated carbocycles. The fourth-order valence-electron chi connectivity index (χ4n) is 0.751. The van der Waals surface area contributed by atoms with Gasteiger partial charge >= 0.3 is 0 Å². The van der Waals surface area contributed by atoms with E-state index in [1.807, 2.05) is 0 Å². The molecule has 0 fully saturated rings. The van der Waals surface area contributed by atoms with Crippen molar-refractivity contribution in [2.24, 2.45) is 5.41 Å². The van der Waals surface area contributed by atoms with Gasteiger partial charge in [0.15, 0.2) is 0 Å². The summed E-state index contributed by atoms with van der Waals surface area (Å²) in [7, 11) is 0. The van der Waals surface area contributed by atoms with E-state index in [0.29, 0.717) is 5.41 Å². The molecule has 62 valence electrons. The molecule has 0 radical (unpaired) electrons. The molecular formula is C9H12BrI. The maximum absolute atomic E-state index is 3.51. The van der Waals surface area contributed by atoms with Crippen LogP contribution in [-0.2, 0) is 0 Å². The van der Waals surface area contributed by atoms with Gasteiger partial charge in [-0.15, -0.1) is 0 Å². The van der Waals surface area contributed by atoms with Crippen molar-refractivity contribution in [1.29, 1.82) is 0 Å². The van der Waals surface area contributed by atoms with Gasteiger partial charge in [0.25, 0.3) is 0 Å². The summed E-state index contributed by atoms with van der Waals surface area (Å²) in [6.45, 7) is 6.76. The van der Waals surface area contributed by atoms with Crippen molar-refractivity contribution in [3.63, 3.8) is 0 Å². The highest BCUT2D eigenvalue weighted by molar-refractivity contribution is 14.2. The first-order valence-electron chi connectivity index (χ1n) is 3.53. The Bertz CT molecular complexity index is 241. The van der Waals surface area contributed by atoms with E-state index in [2.05, 4.69) is 50.9 Å². The first-order valence-corrected chi connectivity index (χ1v) is 6.81. The van der Waals surface area contributed by atoms with Gasteiger partial charge in [0, 0.05) is 4.48 Å². The molecule has 1 aliphatic rings. The van der Waals surface area contributed by atoms with Gasteiger partial charge in [0.2, 0.25) is 0 Å². The fourth-order valence-corrected chi connectivity index (χ4v) is 3.87. The predicted molar refractivity (Wildman–Crippen MR) is 64.6 cm³/mol. The van der Waals surface area contributed by atoms with Crippen molar-refractivity contribution < 1.29 is 0 Å². The van der Waals surface area contributed by atoms with Crippen molar-refractivity contribution in [2.45, 2.75) is 20.8 Å². The number of hydrogen-bond acceptors (Lipinski definition) is 0. The molecule has 0 aromatic rings. The van der Waals surface area contributed by atoms with Crippen LogP contribution in [0.4, 0.5) is 0 Å². The first-order chi connectivity index (χ1) is 5.00. The van der Waals surface area contributed by atoms with Crippen LogP contribution < -0.4 is 0 Å². The van der Waals surface area contributed by atoms with Crippen LogP contribution in [0.15, 0.2) is 20.2 Å². The predicted octanol–water partition coefficient (Wildman–Crippen LogP) is 3.98. The zero-order valence-electron chi connectivity index (χ0n) is 6.99. The number of halogens is 2. The third-order valence-corrected chi connectivity index (χ3v) is 4.88. The molecule has 0 saturated heterocycles. The van der Waals surface area contributed by atoms with Crippen molar-refractivity contribution in [3.8, 4) is 0 Å². The van der Waals surface area contributed by atoms with E-state index in [1.165, 1.54) is 10.1 Å². The normalized spacial score (nSPS) is 18.5. The van der Waals surface area contributed by atoms with E-state index in [4.69, 9.17) is 0 Å². The molecule has 11 heavy (non-hydrogen) atoms. The van der Waals surface area contributed by atoms with Gasteiger partial charge < -0.3 is 0 Å². The van der Waals surface area contributed by atoms with Crippen LogP contribution in [0.3, 0.4) is 0 Å². The van der Waals surface area contributed by atoms with E-state index in [-0.39, 0.29) is 20.7 Å². The van der Waals surface area contributed by atoms with E-state index in [1.54, 1.807) is 0 Å². The highest BCUT2D eigenvalue weighted by atomic mass is 127. The van der Waals surface area contributed by atoms with Crippen LogP contribution in [0.25, 0.3) is 0 Å². The van der Waals surface area contributed by atoms with Gasteiger partial charge in [-0.3, -0.25) is 0 Å². The van der Waals surface area contributed by atoms with E-state index in [9.17, 15) is 0 Å². The van der Waals surface area contributed by atoms with Crippen LogP contribution >= 0.6 is 36.7 Å². The molecule has 1 aliphatic heterocycles. The lowest BCUT2D eigenvalue weighted by atomic mass is 9.87. The molecule has 0 N–H and O–H groups in total. The highest BCUT2D eigenvalue weighted by Gasteiger charge is 2.15. The van der Waals surface area contributed by atoms with Crippen molar-refractivity contribution in [2.75, 3.05) is 0 Å². The molecule has 0 spiro atoms. The number of rotatable bonds is 0. The van der Waals surface area contributed by atoms with Gasteiger partial charge in [-0.2, -0.15) is 0 Å². The van der Waals surface area contributed by atoms with Gasteiger partial charge in [-0.25, -0.2) is 0 Å². The van der Waals surface area contributed by atoms with Crippen LogP contribution in [0.5, 0.6) is 0 Å². The summed E-state index contributed by atoms with van der Waals surface area (Å²) in [5.74, 6) is 0. The van der Waals surface area contributed by atoms with Gasteiger partial charge in [-0.05, 0) is 25.2 Å². The standard InChI is InChI=1S/C9H12BrI/c1-9(2,3)7-4-8(10)6-11-5-7/h4-6H,1-3H3. The largest absolute Gasteiger partial charge is 0.0922 e. The second-order valence-electron chi connectivity index (χ2n) is 3.58. The summed E-state index contributed by atoms with van der Waals surface area (Å²) in [6.07, 6.45) is 2.23. The zero-order chi connectivity index (χ0) is 8.48. The van der Waals surface area contributed by atoms with E-state index >= 15 is 0 Å². The maximum atomic E-state index is 3.51. The smallest absolute Gasteiger partial charge is 0.0235 e. The average Bonchev–Trinajstić information content (AvgIpc) is 1.86. The van der Waals surface area contributed by atoms with Crippen molar-refractivity contribution >= 4 is 40.7 Å². The molecule has 0 nitrogen and oxygen atoms in total. The molecule has 0 aliphatic carbocycles. The summed E-state index contributed by atoms with van der Waals surface area (Å²) in [5, 5.41) is 0. The van der Waals surface area contributed by atoms with Crippen LogP contribution in [0.2, 0.25) is 0 Å². The second-order valence-corrected chi connectivity index (χ2v) is 6.46. The average molecular weight is 327 g/mol. The van der Waals surface area contributed by atoms with Crippen LogP contribution in [0.1, 0.15) is 20.8 Å². The fraction of sp³-hybridized carbons (Fsp3) is 0.444. The summed E-state index contributed by atoms with van der Waals surface area (Å²) >= 11 is 3.68. The van der Waals surface area contributed by atoms with E-state index < -0.39 is 0 Å². The minimum absolute atomic E-state index is 0.166. The Balaban J connectivity index is 2.93. The topological polar surface area (TPSA) is 0 Å². The quantitative estimate of drug-likeness (QED) is 0.591. The number of hydrogen-bond donors (Lipinski definition) is 0. The molecule has 2 heteroatoms. The monoisotopic (exact) mass is 326 g/mol. The lowest BCUT2D eigenvalue weighted by molar-refractivity contribution is 0.518. The lowest BCUT2D eigenvalue weighted by Gasteiger charge is -2.21. The summed E-state index contributed by atoms with van der Waals surface area (Å²) in [5.41, 5.74) is 1.78. The second kappa shape index (κ2) is 3.52. The van der Waals surface area contributed by atoms with Crippen LogP contribution in [0, 0.1) is 5.41 Å². The van der Waals surface area contributed by atoms with Crippen molar-refractivity contribution in [3.05, 3.63) is 20.2 Å². The Labute approximate surface area is 86.6 Å². The Morgan fingerprint density at radius 3 is 2.36 bits per heavy atom. The Morgan fingerprint density at radius 1 is 1.36 bits per heavy atom. The minimum atomic E-state index is 0.166. The van der Waals surface area contributed by atoms with Crippen molar-refractivity contribution in [1.82, 2.24) is 0 Å². The van der Waals surface area contributed by atoms with Gasteiger partial charge in [-0.1, -0.05) is 57.4 Å². The Hall–Kier alpha value is 0.560. The summed E-state index contributed by atoms with van der Waals surface area (Å²) < 4.78 is 5.94. The molecule has 0 atom stereocenters. The Kier molecular flexibility index (Phi) is 3.09.